The summed E-state index contributed by atoms with van der Waals surface area (Å²) in [6, 6.07) is 5.75. The SMILES string of the molecule is CC1CC1NCc1cc(Cl)ccc1O. The summed E-state index contributed by atoms with van der Waals surface area (Å²) in [7, 11) is 0. The van der Waals surface area contributed by atoms with Gasteiger partial charge in [0.2, 0.25) is 0 Å². The van der Waals surface area contributed by atoms with Crippen molar-refractivity contribution in [1.82, 2.24) is 5.32 Å². The normalized spacial score (nSPS) is 25.0. The molecule has 0 saturated heterocycles. The minimum atomic E-state index is 0.315. The molecule has 2 unspecified atom stereocenters. The molecule has 76 valence electrons. The van der Waals surface area contributed by atoms with E-state index in [1.54, 1.807) is 18.2 Å². The molecule has 2 N–H and O–H groups in total. The lowest BCUT2D eigenvalue weighted by atomic mass is 10.2. The van der Waals surface area contributed by atoms with Crippen molar-refractivity contribution in [2.24, 2.45) is 5.92 Å². The Kier molecular flexibility index (Phi) is 2.66. The van der Waals surface area contributed by atoms with Crippen LogP contribution in [0.1, 0.15) is 18.9 Å². The summed E-state index contributed by atoms with van der Waals surface area (Å²) in [5.41, 5.74) is 0.872. The fourth-order valence-corrected chi connectivity index (χ4v) is 1.74. The molecule has 1 saturated carbocycles. The number of phenols is 1. The maximum Gasteiger partial charge on any atom is 0.120 e. The summed E-state index contributed by atoms with van der Waals surface area (Å²) >= 11 is 5.84. The van der Waals surface area contributed by atoms with Crippen molar-refractivity contribution in [1.29, 1.82) is 0 Å². The number of nitrogens with one attached hydrogen (secondary N) is 1. The number of phenolic OH excluding ortho intramolecular Hbond substituents is 1. The molecule has 1 fully saturated rings. The number of hydrogen-bond donors (Lipinski definition) is 2. The lowest BCUT2D eigenvalue weighted by molar-refractivity contribution is 0.464. The van der Waals surface area contributed by atoms with Crippen LogP contribution in [0.4, 0.5) is 0 Å². The molecule has 0 amide bonds. The Hall–Kier alpha value is -0.730. The lowest BCUT2D eigenvalue weighted by Gasteiger charge is -2.06. The average molecular weight is 212 g/mol. The van der Waals surface area contributed by atoms with E-state index < -0.39 is 0 Å². The maximum absolute atomic E-state index is 9.54. The number of aromatic hydroxyl groups is 1. The highest BCUT2D eigenvalue weighted by Crippen LogP contribution is 2.30. The first-order valence-electron chi connectivity index (χ1n) is 4.87. The van der Waals surface area contributed by atoms with Crippen molar-refractivity contribution in [2.45, 2.75) is 25.9 Å². The molecular formula is C11H14ClNO. The first kappa shape index (κ1) is 9.81. The van der Waals surface area contributed by atoms with Crippen molar-refractivity contribution >= 4 is 11.6 Å². The fraction of sp³-hybridized carbons (Fsp3) is 0.455. The summed E-state index contributed by atoms with van der Waals surface area (Å²) in [6.45, 7) is 2.91. The molecule has 1 aromatic carbocycles. The highest BCUT2D eigenvalue weighted by Gasteiger charge is 2.31. The van der Waals surface area contributed by atoms with E-state index in [0.29, 0.717) is 23.4 Å². The minimum absolute atomic E-state index is 0.315. The number of rotatable bonds is 3. The third-order valence-electron chi connectivity index (χ3n) is 2.71. The van der Waals surface area contributed by atoms with Gasteiger partial charge in [-0.1, -0.05) is 18.5 Å². The Morgan fingerprint density at radius 3 is 2.93 bits per heavy atom. The molecule has 0 bridgehead atoms. The topological polar surface area (TPSA) is 32.3 Å². The van der Waals surface area contributed by atoms with E-state index >= 15 is 0 Å². The van der Waals surface area contributed by atoms with Crippen LogP contribution in [-0.4, -0.2) is 11.1 Å². The first-order chi connectivity index (χ1) is 6.66. The Balaban J connectivity index is 1.97. The predicted octanol–water partition coefficient (Wildman–Crippen LogP) is 2.54. The molecule has 2 rings (SSSR count). The van der Waals surface area contributed by atoms with Crippen LogP contribution in [0.25, 0.3) is 0 Å². The van der Waals surface area contributed by atoms with Crippen LogP contribution in [0.3, 0.4) is 0 Å². The van der Waals surface area contributed by atoms with Crippen LogP contribution < -0.4 is 5.32 Å². The zero-order valence-electron chi connectivity index (χ0n) is 8.13. The molecule has 0 spiro atoms. The molecule has 14 heavy (non-hydrogen) atoms. The summed E-state index contributed by atoms with van der Waals surface area (Å²) in [4.78, 5) is 0. The molecule has 1 aliphatic carbocycles. The molecule has 0 radical (unpaired) electrons. The highest BCUT2D eigenvalue weighted by molar-refractivity contribution is 6.30. The lowest BCUT2D eigenvalue weighted by Crippen LogP contribution is -2.17. The fourth-order valence-electron chi connectivity index (χ4n) is 1.54. The van der Waals surface area contributed by atoms with Gasteiger partial charge in [-0.2, -0.15) is 0 Å². The summed E-state index contributed by atoms with van der Waals surface area (Å²) < 4.78 is 0. The zero-order valence-corrected chi connectivity index (χ0v) is 8.88. The van der Waals surface area contributed by atoms with Crippen molar-refractivity contribution in [3.05, 3.63) is 28.8 Å². The Labute approximate surface area is 88.9 Å². The van der Waals surface area contributed by atoms with Gasteiger partial charge in [0, 0.05) is 23.2 Å². The van der Waals surface area contributed by atoms with Crippen LogP contribution in [0.15, 0.2) is 18.2 Å². The second-order valence-electron chi connectivity index (χ2n) is 3.97. The maximum atomic E-state index is 9.54. The Morgan fingerprint density at radius 1 is 1.57 bits per heavy atom. The molecule has 2 nitrogen and oxygen atoms in total. The van der Waals surface area contributed by atoms with Crippen LogP contribution >= 0.6 is 11.6 Å². The number of benzene rings is 1. The van der Waals surface area contributed by atoms with E-state index in [-0.39, 0.29) is 0 Å². The molecular weight excluding hydrogens is 198 g/mol. The van der Waals surface area contributed by atoms with Crippen LogP contribution in [0, 0.1) is 5.92 Å². The molecule has 2 atom stereocenters. The van der Waals surface area contributed by atoms with E-state index in [4.69, 9.17) is 11.6 Å². The van der Waals surface area contributed by atoms with Crippen molar-refractivity contribution in [2.75, 3.05) is 0 Å². The quantitative estimate of drug-likeness (QED) is 0.806. The van der Waals surface area contributed by atoms with E-state index in [2.05, 4.69) is 12.2 Å². The van der Waals surface area contributed by atoms with E-state index in [9.17, 15) is 5.11 Å². The van der Waals surface area contributed by atoms with E-state index in [1.807, 2.05) is 0 Å². The molecule has 0 heterocycles. The van der Waals surface area contributed by atoms with Gasteiger partial charge in [-0.25, -0.2) is 0 Å². The second-order valence-corrected chi connectivity index (χ2v) is 4.41. The Bertz CT molecular complexity index is 340. The van der Waals surface area contributed by atoms with Gasteiger partial charge < -0.3 is 10.4 Å². The van der Waals surface area contributed by atoms with Gasteiger partial charge in [0.15, 0.2) is 0 Å². The predicted molar refractivity (Wildman–Crippen MR) is 57.5 cm³/mol. The smallest absolute Gasteiger partial charge is 0.120 e. The average Bonchev–Trinajstić information content (AvgIpc) is 2.84. The standard InChI is InChI=1S/C11H14ClNO/c1-7-4-10(7)13-6-8-5-9(12)2-3-11(8)14/h2-3,5,7,10,13-14H,4,6H2,1H3. The van der Waals surface area contributed by atoms with Crippen LogP contribution in [0.2, 0.25) is 5.02 Å². The summed E-state index contributed by atoms with van der Waals surface area (Å²) in [5, 5.41) is 13.6. The van der Waals surface area contributed by atoms with Crippen molar-refractivity contribution < 1.29 is 5.11 Å². The Morgan fingerprint density at radius 2 is 2.29 bits per heavy atom. The number of hydrogen-bond acceptors (Lipinski definition) is 2. The molecule has 3 heteroatoms. The van der Waals surface area contributed by atoms with E-state index in [0.717, 1.165) is 11.5 Å². The van der Waals surface area contributed by atoms with Gasteiger partial charge in [-0.3, -0.25) is 0 Å². The van der Waals surface area contributed by atoms with Crippen LogP contribution in [-0.2, 0) is 6.54 Å². The molecule has 0 aliphatic heterocycles. The second kappa shape index (κ2) is 3.79. The summed E-state index contributed by atoms with van der Waals surface area (Å²) in [5.74, 6) is 1.09. The minimum Gasteiger partial charge on any atom is -0.508 e. The van der Waals surface area contributed by atoms with Crippen molar-refractivity contribution in [3.8, 4) is 5.75 Å². The van der Waals surface area contributed by atoms with Gasteiger partial charge in [-0.05, 0) is 30.5 Å². The van der Waals surface area contributed by atoms with E-state index in [1.165, 1.54) is 6.42 Å². The third-order valence-corrected chi connectivity index (χ3v) is 2.94. The van der Waals surface area contributed by atoms with Gasteiger partial charge in [0.25, 0.3) is 0 Å². The third kappa shape index (κ3) is 2.20. The van der Waals surface area contributed by atoms with Gasteiger partial charge in [0.1, 0.15) is 5.75 Å². The zero-order chi connectivity index (χ0) is 10.1. The first-order valence-corrected chi connectivity index (χ1v) is 5.25. The van der Waals surface area contributed by atoms with Gasteiger partial charge in [0.05, 0.1) is 0 Å². The summed E-state index contributed by atoms with van der Waals surface area (Å²) in [6.07, 6.45) is 1.24. The van der Waals surface area contributed by atoms with Crippen LogP contribution in [0.5, 0.6) is 5.75 Å². The highest BCUT2D eigenvalue weighted by atomic mass is 35.5. The molecule has 1 aromatic rings. The largest absolute Gasteiger partial charge is 0.508 e. The monoisotopic (exact) mass is 211 g/mol. The van der Waals surface area contributed by atoms with Crippen molar-refractivity contribution in [3.63, 3.8) is 0 Å². The molecule has 0 aromatic heterocycles. The van der Waals surface area contributed by atoms with Gasteiger partial charge in [-0.15, -0.1) is 0 Å². The molecule has 1 aliphatic rings. The number of halogens is 1. The van der Waals surface area contributed by atoms with Gasteiger partial charge >= 0.3 is 0 Å².